The van der Waals surface area contributed by atoms with E-state index in [9.17, 15) is 14.4 Å². The summed E-state index contributed by atoms with van der Waals surface area (Å²) in [6, 6.07) is 0.778. The van der Waals surface area contributed by atoms with Crippen molar-refractivity contribution in [1.82, 2.24) is 44.9 Å². The molecule has 21 heteroatoms. The summed E-state index contributed by atoms with van der Waals surface area (Å²) in [7, 11) is 0. The van der Waals surface area contributed by atoms with E-state index in [4.69, 9.17) is 63.2 Å². The Bertz CT molecular complexity index is 2220. The Morgan fingerprint density at radius 2 is 0.667 bits per heavy atom. The van der Waals surface area contributed by atoms with Crippen molar-refractivity contribution in [2.75, 3.05) is 13.2 Å². The number of ether oxygens (including phenoxy) is 6. The Morgan fingerprint density at radius 1 is 0.368 bits per heavy atom. The van der Waals surface area contributed by atoms with Crippen LogP contribution in [0.2, 0.25) is 15.9 Å². The molecule has 87 heavy (non-hydrogen) atoms. The van der Waals surface area contributed by atoms with E-state index in [0.717, 1.165) is 212 Å². The van der Waals surface area contributed by atoms with E-state index >= 15 is 0 Å². The molecule has 0 spiro atoms. The number of halogens is 3. The van der Waals surface area contributed by atoms with Crippen LogP contribution in [0.1, 0.15) is 271 Å². The second-order valence-corrected chi connectivity index (χ2v) is 23.4. The highest BCUT2D eigenvalue weighted by Crippen LogP contribution is 2.20. The topological polar surface area (TPSA) is 223 Å². The summed E-state index contributed by atoms with van der Waals surface area (Å²) in [6.45, 7) is 6.24. The fraction of sp³-hybridized carbons (Fsp3) is 0.727. The molecule has 0 aliphatic heterocycles. The number of unbranched alkanes of at least 4 members (excludes halogenated alkanes) is 24. The fourth-order valence-electron chi connectivity index (χ4n) is 9.64. The van der Waals surface area contributed by atoms with Crippen molar-refractivity contribution in [3.63, 3.8) is 0 Å². The summed E-state index contributed by atoms with van der Waals surface area (Å²) in [5, 5.41) is 0.367. The van der Waals surface area contributed by atoms with Crippen molar-refractivity contribution >= 4 is 52.7 Å². The van der Waals surface area contributed by atoms with Gasteiger partial charge in [0.2, 0.25) is 15.9 Å². The number of hydrogen-bond acceptors (Lipinski definition) is 18. The molecular formula is C66H104Cl3N9O9. The van der Waals surface area contributed by atoms with Crippen LogP contribution in [0.4, 0.5) is 0 Å². The zero-order valence-corrected chi connectivity index (χ0v) is 55.1. The van der Waals surface area contributed by atoms with Gasteiger partial charge in [-0.25, -0.2) is 15.0 Å². The molecule has 0 saturated carbocycles. The molecule has 3 unspecified atom stereocenters. The number of aromatic nitrogens is 9. The van der Waals surface area contributed by atoms with Gasteiger partial charge in [-0.15, -0.1) is 0 Å². The Labute approximate surface area is 535 Å². The van der Waals surface area contributed by atoms with E-state index in [0.29, 0.717) is 19.3 Å². The van der Waals surface area contributed by atoms with Crippen molar-refractivity contribution in [3.8, 4) is 18.0 Å². The molecule has 0 bridgehead atoms. The van der Waals surface area contributed by atoms with Crippen LogP contribution in [0.3, 0.4) is 0 Å². The molecule has 3 rings (SSSR count). The second kappa shape index (κ2) is 52.8. The molecule has 3 aromatic heterocycles. The van der Waals surface area contributed by atoms with Crippen molar-refractivity contribution in [1.29, 1.82) is 0 Å². The molecule has 488 valence electrons. The van der Waals surface area contributed by atoms with Gasteiger partial charge < -0.3 is 28.4 Å². The first kappa shape index (κ1) is 76.2. The van der Waals surface area contributed by atoms with E-state index in [1.165, 1.54) is 19.0 Å². The zero-order valence-electron chi connectivity index (χ0n) is 52.8. The molecule has 0 aliphatic carbocycles. The highest BCUT2D eigenvalue weighted by atomic mass is 35.5. The lowest BCUT2D eigenvalue weighted by Crippen LogP contribution is -2.30. The van der Waals surface area contributed by atoms with Gasteiger partial charge in [-0.3, -0.25) is 14.4 Å². The van der Waals surface area contributed by atoms with Crippen LogP contribution in [0, 0.1) is 0 Å². The van der Waals surface area contributed by atoms with Gasteiger partial charge in [-0.2, -0.15) is 29.9 Å². The van der Waals surface area contributed by atoms with Gasteiger partial charge in [0.05, 0.1) is 0 Å². The molecule has 0 fully saturated rings. The average Bonchev–Trinajstić information content (AvgIpc) is 3.72. The highest BCUT2D eigenvalue weighted by Gasteiger charge is 2.20. The Hall–Kier alpha value is -5.07. The highest BCUT2D eigenvalue weighted by molar-refractivity contribution is 6.28. The van der Waals surface area contributed by atoms with E-state index in [-0.39, 0.29) is 103 Å². The molecule has 0 amide bonds. The van der Waals surface area contributed by atoms with Gasteiger partial charge >= 0.3 is 35.9 Å². The monoisotopic (exact) mass is 1270 g/mol. The summed E-state index contributed by atoms with van der Waals surface area (Å²) in [5.74, 6) is -1.09. The molecular weight excluding hydrogens is 1170 g/mol. The third kappa shape index (κ3) is 43.3. The van der Waals surface area contributed by atoms with Crippen molar-refractivity contribution in [2.45, 2.75) is 296 Å². The maximum Gasteiger partial charge on any atom is 0.320 e. The smallest absolute Gasteiger partial charge is 0.320 e. The van der Waals surface area contributed by atoms with Gasteiger partial charge in [-0.1, -0.05) is 173 Å². The lowest BCUT2D eigenvalue weighted by molar-refractivity contribution is -0.167. The van der Waals surface area contributed by atoms with Crippen molar-refractivity contribution < 1.29 is 42.8 Å². The van der Waals surface area contributed by atoms with Crippen LogP contribution in [-0.4, -0.2) is 100 Å². The van der Waals surface area contributed by atoms with E-state index < -0.39 is 6.10 Å². The minimum Gasteiger partial charge on any atom is -0.462 e. The standard InChI is InChI=1S/C66H104Cl3N9O9/c1-4-7-31-40-54(85-64-73-51-70-61(67)76-64)43-34-25-19-13-10-16-22-28-37-46-58(79)82-49-57(84-60(81)48-39-30-24-18-12-15-21-27-36-45-56(42-33-9-6-3)87-66-75-53-72-63(69)78-66)50-83-59(80)47-38-29-23-17-11-14-20-26-35-44-55(41-32-8-5-2)86-65-74-52-71-62(68)77-65/h25-27,34-36,51-57H,4-24,28-33,37-50H2,1-3H3/b34-25+,35-26+,36-27+. The first-order valence-corrected chi connectivity index (χ1v) is 34.2. The van der Waals surface area contributed by atoms with Crippen LogP contribution in [-0.2, 0) is 28.6 Å². The molecule has 0 aromatic carbocycles. The van der Waals surface area contributed by atoms with Gasteiger partial charge in [0, 0.05) is 38.5 Å². The Kier molecular flexibility index (Phi) is 46.3. The summed E-state index contributed by atoms with van der Waals surface area (Å²) in [5.41, 5.74) is 0. The maximum absolute atomic E-state index is 13.1. The summed E-state index contributed by atoms with van der Waals surface area (Å²) in [4.78, 5) is 74.9. The molecule has 18 nitrogen and oxygen atoms in total. The molecule has 0 N–H and O–H groups in total. The molecule has 0 radical (unpaired) electrons. The molecule has 3 aromatic rings. The number of esters is 3. The Morgan fingerprint density at radius 3 is 0.977 bits per heavy atom. The van der Waals surface area contributed by atoms with Gasteiger partial charge in [0.25, 0.3) is 0 Å². The predicted octanol–water partition coefficient (Wildman–Crippen LogP) is 17.8. The number of carbonyl (C=O) groups excluding carboxylic acids is 3. The number of rotatable bonds is 56. The van der Waals surface area contributed by atoms with Crippen LogP contribution in [0.25, 0.3) is 0 Å². The van der Waals surface area contributed by atoms with Crippen LogP contribution >= 0.6 is 34.8 Å². The van der Waals surface area contributed by atoms with Gasteiger partial charge in [0.1, 0.15) is 50.5 Å². The molecule has 0 saturated heterocycles. The second-order valence-electron chi connectivity index (χ2n) is 22.4. The fourth-order valence-corrected chi connectivity index (χ4v) is 9.98. The first-order chi connectivity index (χ1) is 42.6. The van der Waals surface area contributed by atoms with Crippen LogP contribution in [0.5, 0.6) is 18.0 Å². The van der Waals surface area contributed by atoms with Crippen LogP contribution < -0.4 is 14.2 Å². The minimum absolute atomic E-state index is 0.0141. The number of nitrogens with zero attached hydrogens (tertiary/aromatic N) is 9. The zero-order chi connectivity index (χ0) is 62.5. The molecule has 3 heterocycles. The normalized spacial score (nSPS) is 13.0. The number of carbonyl (C=O) groups is 3. The minimum atomic E-state index is -0.870. The molecule has 3 atom stereocenters. The van der Waals surface area contributed by atoms with E-state index in [2.05, 4.69) is 102 Å². The summed E-state index contributed by atoms with van der Waals surface area (Å²) >= 11 is 17.8. The number of hydrogen-bond donors (Lipinski definition) is 0. The quantitative estimate of drug-likeness (QED) is 0.0222. The number of allylic oxidation sites excluding steroid dienone is 3. The van der Waals surface area contributed by atoms with Crippen molar-refractivity contribution in [3.05, 3.63) is 71.3 Å². The van der Waals surface area contributed by atoms with E-state index in [1.807, 2.05) is 0 Å². The lowest BCUT2D eigenvalue weighted by Gasteiger charge is -2.18. The SMILES string of the molecule is CCCCCC(C/C=C/CCCCCCCCC(=O)OCC(COC(=O)CCCCCCCC/C=C/CC(CCCCC)Oc1ncnc(Cl)n1)OC(=O)CCCCCCCC/C=C/CC(CCCCC)Oc1ncnc(Cl)n1)Oc1ncnc(Cl)n1. The van der Waals surface area contributed by atoms with E-state index in [1.54, 1.807) is 0 Å². The molecule has 0 aliphatic rings. The van der Waals surface area contributed by atoms with Crippen LogP contribution in [0.15, 0.2) is 55.4 Å². The maximum atomic E-state index is 13.1. The summed E-state index contributed by atoms with van der Waals surface area (Å²) in [6.07, 6.45) is 53.1. The summed E-state index contributed by atoms with van der Waals surface area (Å²) < 4.78 is 35.1. The lowest BCUT2D eigenvalue weighted by atomic mass is 10.1. The van der Waals surface area contributed by atoms with Crippen molar-refractivity contribution in [2.24, 2.45) is 0 Å². The first-order valence-electron chi connectivity index (χ1n) is 33.1. The van der Waals surface area contributed by atoms with Gasteiger partial charge in [-0.05, 0) is 131 Å². The van der Waals surface area contributed by atoms with Gasteiger partial charge in [0.15, 0.2) is 6.10 Å². The third-order valence-electron chi connectivity index (χ3n) is 14.6. The third-order valence-corrected chi connectivity index (χ3v) is 15.2. The largest absolute Gasteiger partial charge is 0.462 e. The predicted molar refractivity (Wildman–Crippen MR) is 344 cm³/mol. The Balaban J connectivity index is 1.33. The average molecular weight is 1270 g/mol.